The van der Waals surface area contributed by atoms with Crippen LogP contribution in [-0.4, -0.2) is 18.3 Å². The monoisotopic (exact) mass is 140 g/mol. The molecule has 0 amide bonds. The second-order valence-corrected chi connectivity index (χ2v) is 3.81. The maximum atomic E-state index is 5.65. The lowest BCUT2D eigenvalue weighted by Gasteiger charge is -2.24. The van der Waals surface area contributed by atoms with Gasteiger partial charge < -0.3 is 9.31 Å². The van der Waals surface area contributed by atoms with Gasteiger partial charge in [0.15, 0.2) is 0 Å². The molecule has 1 aliphatic carbocycles. The zero-order chi connectivity index (χ0) is 7.41. The average Bonchev–Trinajstić information content (AvgIpc) is 2.40. The molecule has 0 unspecified atom stereocenters. The summed E-state index contributed by atoms with van der Waals surface area (Å²) in [6.07, 6.45) is 2.34. The minimum atomic E-state index is -0.0492. The Morgan fingerprint density at radius 1 is 1.20 bits per heavy atom. The molecule has 10 heavy (non-hydrogen) atoms. The third-order valence-corrected chi connectivity index (χ3v) is 2.65. The number of hydrogen-bond acceptors (Lipinski definition) is 2. The van der Waals surface area contributed by atoms with Gasteiger partial charge in [-0.3, -0.25) is 0 Å². The van der Waals surface area contributed by atoms with Crippen LogP contribution < -0.4 is 0 Å². The van der Waals surface area contributed by atoms with Crippen molar-refractivity contribution in [2.24, 2.45) is 0 Å². The summed E-state index contributed by atoms with van der Waals surface area (Å²) < 4.78 is 11.3. The number of hydrogen-bond donors (Lipinski definition) is 0. The molecule has 1 aliphatic heterocycles. The first-order chi connectivity index (χ1) is 4.56. The minimum Gasteiger partial charge on any atom is -0.403 e. The SMILES string of the molecule is CB1OC(C)(C)C2(CC2)O1. The fraction of sp³-hybridized carbons (Fsp3) is 1.00. The van der Waals surface area contributed by atoms with Crippen LogP contribution in [0, 0.1) is 0 Å². The van der Waals surface area contributed by atoms with Gasteiger partial charge in [-0.05, 0) is 33.5 Å². The molecule has 2 aliphatic rings. The molecule has 2 rings (SSSR count). The van der Waals surface area contributed by atoms with Crippen molar-refractivity contribution < 1.29 is 9.31 Å². The smallest absolute Gasteiger partial charge is 0.403 e. The largest absolute Gasteiger partial charge is 0.454 e. The fourth-order valence-electron chi connectivity index (χ4n) is 1.84. The third kappa shape index (κ3) is 0.677. The van der Waals surface area contributed by atoms with E-state index in [1.54, 1.807) is 0 Å². The van der Waals surface area contributed by atoms with Crippen molar-refractivity contribution in [2.75, 3.05) is 0 Å². The Hall–Kier alpha value is -0.0151. The summed E-state index contributed by atoms with van der Waals surface area (Å²) in [6, 6.07) is 0. The van der Waals surface area contributed by atoms with Crippen LogP contribution in [0.25, 0.3) is 0 Å². The van der Waals surface area contributed by atoms with Crippen molar-refractivity contribution in [1.29, 1.82) is 0 Å². The molecule has 1 spiro atoms. The normalized spacial score (nSPS) is 33.3. The molecule has 0 bridgehead atoms. The van der Waals surface area contributed by atoms with Crippen molar-refractivity contribution in [3.63, 3.8) is 0 Å². The Balaban J connectivity index is 2.21. The summed E-state index contributed by atoms with van der Waals surface area (Å²) in [5.74, 6) is 0. The predicted octanol–water partition coefficient (Wildman–Crippen LogP) is 1.46. The second-order valence-electron chi connectivity index (χ2n) is 3.81. The van der Waals surface area contributed by atoms with Gasteiger partial charge in [0.05, 0.1) is 11.2 Å². The van der Waals surface area contributed by atoms with Crippen LogP contribution in [0.3, 0.4) is 0 Å². The Morgan fingerprint density at radius 3 is 2.00 bits per heavy atom. The van der Waals surface area contributed by atoms with Gasteiger partial charge in [0, 0.05) is 0 Å². The van der Waals surface area contributed by atoms with Crippen molar-refractivity contribution in [1.82, 2.24) is 0 Å². The molecule has 0 radical (unpaired) electrons. The van der Waals surface area contributed by atoms with Gasteiger partial charge in [-0.1, -0.05) is 0 Å². The van der Waals surface area contributed by atoms with Gasteiger partial charge in [-0.2, -0.15) is 0 Å². The lowest BCUT2D eigenvalue weighted by atomic mass is 9.96. The highest BCUT2D eigenvalue weighted by Gasteiger charge is 2.62. The highest BCUT2D eigenvalue weighted by atomic mass is 16.7. The van der Waals surface area contributed by atoms with Crippen LogP contribution in [0.1, 0.15) is 26.7 Å². The molecule has 56 valence electrons. The molecule has 0 N–H and O–H groups in total. The summed E-state index contributed by atoms with van der Waals surface area (Å²) in [5.41, 5.74) is 0.0405. The summed E-state index contributed by atoms with van der Waals surface area (Å²) in [5, 5.41) is 0. The summed E-state index contributed by atoms with van der Waals surface area (Å²) >= 11 is 0. The first kappa shape index (κ1) is 6.68. The molecule has 3 heteroatoms. The van der Waals surface area contributed by atoms with Gasteiger partial charge in [0.2, 0.25) is 0 Å². The third-order valence-electron chi connectivity index (χ3n) is 2.65. The van der Waals surface area contributed by atoms with Crippen molar-refractivity contribution in [3.8, 4) is 0 Å². The molecular weight excluding hydrogens is 127 g/mol. The van der Waals surface area contributed by atoms with E-state index >= 15 is 0 Å². The van der Waals surface area contributed by atoms with Gasteiger partial charge in [0.25, 0.3) is 0 Å². The van der Waals surface area contributed by atoms with Gasteiger partial charge in [0.1, 0.15) is 0 Å². The fourth-order valence-corrected chi connectivity index (χ4v) is 1.84. The second kappa shape index (κ2) is 1.59. The molecule has 0 aromatic heterocycles. The van der Waals surface area contributed by atoms with E-state index in [2.05, 4.69) is 13.8 Å². The van der Waals surface area contributed by atoms with E-state index in [1.165, 1.54) is 12.8 Å². The van der Waals surface area contributed by atoms with Gasteiger partial charge >= 0.3 is 7.12 Å². The van der Waals surface area contributed by atoms with Crippen LogP contribution in [0.2, 0.25) is 6.82 Å². The van der Waals surface area contributed by atoms with E-state index in [-0.39, 0.29) is 18.3 Å². The van der Waals surface area contributed by atoms with E-state index in [9.17, 15) is 0 Å². The Bertz CT molecular complexity index is 157. The average molecular weight is 140 g/mol. The van der Waals surface area contributed by atoms with E-state index in [1.807, 2.05) is 6.82 Å². The minimum absolute atomic E-state index is 0.00231. The standard InChI is InChI=1S/C7H13BO2/c1-6(2)7(4-5-7)10-8(3)9-6/h4-5H2,1-3H3. The van der Waals surface area contributed by atoms with E-state index in [0.717, 1.165) is 0 Å². The molecule has 0 aromatic rings. The van der Waals surface area contributed by atoms with Crippen LogP contribution in [0.15, 0.2) is 0 Å². The number of rotatable bonds is 0. The van der Waals surface area contributed by atoms with Gasteiger partial charge in [-0.25, -0.2) is 0 Å². The predicted molar refractivity (Wildman–Crippen MR) is 39.8 cm³/mol. The van der Waals surface area contributed by atoms with E-state index in [0.29, 0.717) is 0 Å². The summed E-state index contributed by atoms with van der Waals surface area (Å²) in [6.45, 7) is 6.20. The quantitative estimate of drug-likeness (QED) is 0.474. The Morgan fingerprint density at radius 2 is 1.80 bits per heavy atom. The lowest BCUT2D eigenvalue weighted by molar-refractivity contribution is 0.0546. The molecule has 1 heterocycles. The molecule has 0 aromatic carbocycles. The topological polar surface area (TPSA) is 18.5 Å². The molecule has 2 nitrogen and oxygen atoms in total. The zero-order valence-corrected chi connectivity index (χ0v) is 6.81. The summed E-state index contributed by atoms with van der Waals surface area (Å²) in [7, 11) is -0.00231. The molecule has 2 fully saturated rings. The van der Waals surface area contributed by atoms with Crippen molar-refractivity contribution in [2.45, 2.75) is 44.7 Å². The van der Waals surface area contributed by atoms with E-state index in [4.69, 9.17) is 9.31 Å². The maximum Gasteiger partial charge on any atom is 0.454 e. The highest BCUT2D eigenvalue weighted by molar-refractivity contribution is 6.43. The zero-order valence-electron chi connectivity index (χ0n) is 6.81. The first-order valence-electron chi connectivity index (χ1n) is 3.91. The molecular formula is C7H13BO2. The Labute approximate surface area is 62.0 Å². The van der Waals surface area contributed by atoms with Crippen LogP contribution in [0.4, 0.5) is 0 Å². The highest BCUT2D eigenvalue weighted by Crippen LogP contribution is 2.54. The van der Waals surface area contributed by atoms with Crippen LogP contribution in [0.5, 0.6) is 0 Å². The molecule has 0 atom stereocenters. The lowest BCUT2D eigenvalue weighted by Crippen LogP contribution is -2.34. The summed E-state index contributed by atoms with van der Waals surface area (Å²) in [4.78, 5) is 0. The molecule has 1 saturated heterocycles. The van der Waals surface area contributed by atoms with Gasteiger partial charge in [-0.15, -0.1) is 0 Å². The maximum absolute atomic E-state index is 5.65. The van der Waals surface area contributed by atoms with Crippen molar-refractivity contribution >= 4 is 7.12 Å². The van der Waals surface area contributed by atoms with Crippen LogP contribution in [-0.2, 0) is 9.31 Å². The van der Waals surface area contributed by atoms with E-state index < -0.39 is 0 Å². The first-order valence-corrected chi connectivity index (χ1v) is 3.91. The Kier molecular flexibility index (Phi) is 1.06. The van der Waals surface area contributed by atoms with Crippen molar-refractivity contribution in [3.05, 3.63) is 0 Å². The van der Waals surface area contributed by atoms with Crippen LogP contribution >= 0.6 is 0 Å². The molecule has 1 saturated carbocycles.